The minimum atomic E-state index is -4.53. The summed E-state index contributed by atoms with van der Waals surface area (Å²) in [5.41, 5.74) is -1.12. The maximum absolute atomic E-state index is 12.5. The maximum Gasteiger partial charge on any atom is 0.417 e. The number of Topliss-reactive ketones (excluding diaryl/α,β-unsaturated/α-hetero) is 1. The van der Waals surface area contributed by atoms with E-state index >= 15 is 0 Å². The smallest absolute Gasteiger partial charge is 0.294 e. The van der Waals surface area contributed by atoms with Gasteiger partial charge >= 0.3 is 6.18 Å². The van der Waals surface area contributed by atoms with Crippen molar-refractivity contribution >= 4 is 17.4 Å². The molecule has 1 aromatic rings. The van der Waals surface area contributed by atoms with E-state index in [4.69, 9.17) is 11.6 Å². The van der Waals surface area contributed by atoms with E-state index in [0.717, 1.165) is 19.1 Å². The third-order valence-corrected chi connectivity index (χ3v) is 2.47. The number of benzene rings is 1. The van der Waals surface area contributed by atoms with E-state index in [-0.39, 0.29) is 16.1 Å². The molecule has 5 heteroatoms. The van der Waals surface area contributed by atoms with Crippen molar-refractivity contribution in [1.82, 2.24) is 0 Å². The van der Waals surface area contributed by atoms with E-state index < -0.39 is 17.5 Å². The van der Waals surface area contributed by atoms with Crippen LogP contribution in [0.5, 0.6) is 0 Å². The van der Waals surface area contributed by atoms with Crippen molar-refractivity contribution in [3.63, 3.8) is 0 Å². The summed E-state index contributed by atoms with van der Waals surface area (Å²) in [5.74, 6) is -0.637. The van der Waals surface area contributed by atoms with E-state index in [2.05, 4.69) is 0 Å². The molecule has 0 atom stereocenters. The summed E-state index contributed by atoms with van der Waals surface area (Å²) in [6.45, 7) is 2.49. The van der Waals surface area contributed by atoms with Crippen molar-refractivity contribution in [3.05, 3.63) is 33.8 Å². The predicted octanol–water partition coefficient (Wildman–Crippen LogP) is 3.87. The molecule has 1 nitrogen and oxygen atoms in total. The van der Waals surface area contributed by atoms with Gasteiger partial charge in [0.05, 0.1) is 5.56 Å². The lowest BCUT2D eigenvalue weighted by Gasteiger charge is -2.13. The van der Waals surface area contributed by atoms with E-state index in [1.807, 2.05) is 0 Å². The molecule has 0 saturated heterocycles. The van der Waals surface area contributed by atoms with Crippen LogP contribution in [0.15, 0.2) is 12.1 Å². The van der Waals surface area contributed by atoms with E-state index in [0.29, 0.717) is 0 Å². The summed E-state index contributed by atoms with van der Waals surface area (Å²) >= 11 is 5.66. The Morgan fingerprint density at radius 1 is 1.33 bits per heavy atom. The lowest BCUT2D eigenvalue weighted by molar-refractivity contribution is -0.137. The standard InChI is InChI=1S/C10H8ClF3O/c1-5-8(11)4-3-7(10(12,13)14)9(5)6(2)15/h3-4H,1-2H3. The molecule has 0 aliphatic heterocycles. The summed E-state index contributed by atoms with van der Waals surface area (Å²) in [4.78, 5) is 11.1. The lowest BCUT2D eigenvalue weighted by Crippen LogP contribution is -2.13. The molecular weight excluding hydrogens is 229 g/mol. The largest absolute Gasteiger partial charge is 0.417 e. The van der Waals surface area contributed by atoms with Crippen LogP contribution in [-0.4, -0.2) is 5.78 Å². The number of rotatable bonds is 1. The predicted molar refractivity (Wildman–Crippen MR) is 51.2 cm³/mol. The number of hydrogen-bond donors (Lipinski definition) is 0. The molecule has 0 N–H and O–H groups in total. The van der Waals surface area contributed by atoms with Gasteiger partial charge in [-0.15, -0.1) is 0 Å². The fourth-order valence-corrected chi connectivity index (χ4v) is 1.53. The molecule has 0 unspecified atom stereocenters. The normalized spacial score (nSPS) is 11.6. The minimum absolute atomic E-state index is 0.160. The molecule has 0 saturated carbocycles. The minimum Gasteiger partial charge on any atom is -0.294 e. The monoisotopic (exact) mass is 236 g/mol. The summed E-state index contributed by atoms with van der Waals surface area (Å²) in [7, 11) is 0. The van der Waals surface area contributed by atoms with Crippen LogP contribution in [0.25, 0.3) is 0 Å². The average Bonchev–Trinajstić information content (AvgIpc) is 2.06. The number of carbonyl (C=O) groups is 1. The van der Waals surface area contributed by atoms with Crippen LogP contribution in [-0.2, 0) is 6.18 Å². The Morgan fingerprint density at radius 2 is 1.87 bits per heavy atom. The first kappa shape index (κ1) is 12.0. The molecular formula is C10H8ClF3O. The molecule has 15 heavy (non-hydrogen) atoms. The third-order valence-electron chi connectivity index (χ3n) is 2.06. The Bertz CT molecular complexity index is 410. The number of ketones is 1. The SMILES string of the molecule is CC(=O)c1c(C(F)(F)F)ccc(Cl)c1C. The topological polar surface area (TPSA) is 17.1 Å². The first-order chi connectivity index (χ1) is 6.75. The first-order valence-electron chi connectivity index (χ1n) is 4.12. The molecule has 0 aromatic heterocycles. The van der Waals surface area contributed by atoms with Crippen molar-refractivity contribution in [2.24, 2.45) is 0 Å². The van der Waals surface area contributed by atoms with Crippen LogP contribution in [0, 0.1) is 6.92 Å². The van der Waals surface area contributed by atoms with Crippen LogP contribution in [0.3, 0.4) is 0 Å². The van der Waals surface area contributed by atoms with Gasteiger partial charge in [0.15, 0.2) is 5.78 Å². The van der Waals surface area contributed by atoms with Gasteiger partial charge in [0.2, 0.25) is 0 Å². The highest BCUT2D eigenvalue weighted by Crippen LogP contribution is 2.35. The molecule has 0 aliphatic rings. The summed E-state index contributed by atoms with van der Waals surface area (Å²) in [5, 5.41) is 0.160. The van der Waals surface area contributed by atoms with Crippen LogP contribution in [0.2, 0.25) is 5.02 Å². The van der Waals surface area contributed by atoms with Gasteiger partial charge in [0.1, 0.15) is 0 Å². The zero-order valence-corrected chi connectivity index (χ0v) is 8.83. The number of carbonyl (C=O) groups excluding carboxylic acids is 1. The fraction of sp³-hybridized carbons (Fsp3) is 0.300. The Hall–Kier alpha value is -1.03. The second-order valence-corrected chi connectivity index (χ2v) is 3.56. The van der Waals surface area contributed by atoms with Gasteiger partial charge in [-0.2, -0.15) is 13.2 Å². The highest BCUT2D eigenvalue weighted by atomic mass is 35.5. The molecule has 0 spiro atoms. The number of halogens is 4. The Kier molecular flexibility index (Phi) is 3.09. The van der Waals surface area contributed by atoms with Gasteiger partial charge in [-0.3, -0.25) is 4.79 Å². The fourth-order valence-electron chi connectivity index (χ4n) is 1.38. The summed E-state index contributed by atoms with van der Waals surface area (Å²) < 4.78 is 37.6. The van der Waals surface area contributed by atoms with Crippen molar-refractivity contribution in [3.8, 4) is 0 Å². The molecule has 0 fully saturated rings. The van der Waals surface area contributed by atoms with Crippen molar-refractivity contribution in [2.75, 3.05) is 0 Å². The summed E-state index contributed by atoms with van der Waals surface area (Å²) in [6, 6.07) is 1.97. The number of alkyl halides is 3. The molecule has 0 bridgehead atoms. The van der Waals surface area contributed by atoms with E-state index in [1.165, 1.54) is 6.92 Å². The average molecular weight is 237 g/mol. The summed E-state index contributed by atoms with van der Waals surface area (Å²) in [6.07, 6.45) is -4.53. The van der Waals surface area contributed by atoms with Crippen molar-refractivity contribution in [1.29, 1.82) is 0 Å². The Balaban J connectivity index is 3.55. The van der Waals surface area contributed by atoms with Crippen molar-refractivity contribution in [2.45, 2.75) is 20.0 Å². The van der Waals surface area contributed by atoms with Gasteiger partial charge in [-0.05, 0) is 31.5 Å². The maximum atomic E-state index is 12.5. The van der Waals surface area contributed by atoms with Gasteiger partial charge in [-0.1, -0.05) is 11.6 Å². The van der Waals surface area contributed by atoms with Crippen LogP contribution >= 0.6 is 11.6 Å². The van der Waals surface area contributed by atoms with Crippen LogP contribution in [0.4, 0.5) is 13.2 Å². The zero-order valence-electron chi connectivity index (χ0n) is 8.07. The first-order valence-corrected chi connectivity index (χ1v) is 4.50. The molecule has 1 rings (SSSR count). The second-order valence-electron chi connectivity index (χ2n) is 3.15. The molecule has 82 valence electrons. The molecule has 0 aliphatic carbocycles. The van der Waals surface area contributed by atoms with E-state index in [9.17, 15) is 18.0 Å². The van der Waals surface area contributed by atoms with Gasteiger partial charge < -0.3 is 0 Å². The third kappa shape index (κ3) is 2.31. The Labute approximate surface area is 89.9 Å². The molecule has 0 heterocycles. The zero-order chi connectivity index (χ0) is 11.8. The second kappa shape index (κ2) is 3.85. The van der Waals surface area contributed by atoms with Crippen LogP contribution < -0.4 is 0 Å². The Morgan fingerprint density at radius 3 is 2.27 bits per heavy atom. The highest BCUT2D eigenvalue weighted by molar-refractivity contribution is 6.31. The molecule has 0 radical (unpaired) electrons. The molecule has 1 aromatic carbocycles. The highest BCUT2D eigenvalue weighted by Gasteiger charge is 2.35. The lowest BCUT2D eigenvalue weighted by atomic mass is 9.98. The quantitative estimate of drug-likeness (QED) is 0.677. The van der Waals surface area contributed by atoms with Gasteiger partial charge in [0, 0.05) is 10.6 Å². The van der Waals surface area contributed by atoms with E-state index in [1.54, 1.807) is 0 Å². The van der Waals surface area contributed by atoms with Crippen molar-refractivity contribution < 1.29 is 18.0 Å². The molecule has 0 amide bonds. The van der Waals surface area contributed by atoms with Gasteiger partial charge in [0.25, 0.3) is 0 Å². The van der Waals surface area contributed by atoms with Crippen LogP contribution in [0.1, 0.15) is 28.4 Å². The van der Waals surface area contributed by atoms with Gasteiger partial charge in [-0.25, -0.2) is 0 Å². The number of hydrogen-bond acceptors (Lipinski definition) is 1.